The minimum atomic E-state index is -0.238. The van der Waals surface area contributed by atoms with Crippen LogP contribution in [0, 0.1) is 13.8 Å². The molecule has 1 aliphatic rings. The lowest BCUT2D eigenvalue weighted by Gasteiger charge is -2.27. The van der Waals surface area contributed by atoms with E-state index < -0.39 is 0 Å². The summed E-state index contributed by atoms with van der Waals surface area (Å²) >= 11 is 1.35. The van der Waals surface area contributed by atoms with Gasteiger partial charge in [-0.2, -0.15) is 0 Å². The average Bonchev–Trinajstić information content (AvgIpc) is 3.02. The van der Waals surface area contributed by atoms with Crippen LogP contribution in [-0.4, -0.2) is 38.4 Å². The monoisotopic (exact) mass is 421 g/mol. The lowest BCUT2D eigenvalue weighted by molar-refractivity contribution is -0.117. The fraction of sp³-hybridized carbons (Fsp3) is 0.273. The molecule has 1 atom stereocenters. The second kappa shape index (κ2) is 8.31. The third-order valence-corrected chi connectivity index (χ3v) is 5.95. The third-order valence-electron chi connectivity index (χ3n) is 5.04. The lowest BCUT2D eigenvalue weighted by Crippen LogP contribution is -2.40. The first-order valence-corrected chi connectivity index (χ1v) is 10.8. The molecule has 0 saturated carbocycles. The van der Waals surface area contributed by atoms with E-state index in [9.17, 15) is 9.59 Å². The number of hydrogen-bond donors (Lipinski definition) is 1. The number of rotatable bonds is 4. The predicted molar refractivity (Wildman–Crippen MR) is 118 cm³/mol. The molecule has 0 radical (unpaired) electrons. The van der Waals surface area contributed by atoms with E-state index in [1.54, 1.807) is 4.90 Å². The SMILES string of the molecule is Cc1ccc(-n2c(C)nnc2SCC(=O)N2c3ccccc3NC(=O)CC2C)cc1. The van der Waals surface area contributed by atoms with Crippen molar-refractivity contribution >= 4 is 35.0 Å². The van der Waals surface area contributed by atoms with Crippen LogP contribution in [0.25, 0.3) is 5.69 Å². The highest BCUT2D eigenvalue weighted by atomic mass is 32.2. The summed E-state index contributed by atoms with van der Waals surface area (Å²) in [5.41, 5.74) is 3.51. The average molecular weight is 422 g/mol. The summed E-state index contributed by atoms with van der Waals surface area (Å²) in [6.45, 7) is 5.82. The molecule has 0 bridgehead atoms. The Kier molecular flexibility index (Phi) is 5.59. The number of thioether (sulfide) groups is 1. The number of anilines is 2. The van der Waals surface area contributed by atoms with Gasteiger partial charge in [-0.1, -0.05) is 41.6 Å². The Morgan fingerprint density at radius 3 is 2.63 bits per heavy atom. The Bertz CT molecular complexity index is 1090. The molecule has 3 aromatic rings. The maximum absolute atomic E-state index is 13.2. The molecule has 1 aliphatic heterocycles. The first kappa shape index (κ1) is 20.2. The van der Waals surface area contributed by atoms with Gasteiger partial charge >= 0.3 is 0 Å². The molecule has 1 N–H and O–H groups in total. The van der Waals surface area contributed by atoms with Crippen LogP contribution < -0.4 is 10.2 Å². The number of nitrogens with one attached hydrogen (secondary N) is 1. The molecule has 8 heteroatoms. The molecule has 2 aromatic carbocycles. The fourth-order valence-corrected chi connectivity index (χ4v) is 4.45. The minimum Gasteiger partial charge on any atom is -0.324 e. The highest BCUT2D eigenvalue weighted by molar-refractivity contribution is 7.99. The molecule has 0 aliphatic carbocycles. The lowest BCUT2D eigenvalue weighted by atomic mass is 10.2. The van der Waals surface area contributed by atoms with Crippen LogP contribution in [0.5, 0.6) is 0 Å². The summed E-state index contributed by atoms with van der Waals surface area (Å²) in [4.78, 5) is 27.1. The smallest absolute Gasteiger partial charge is 0.237 e. The number of aryl methyl sites for hydroxylation is 2. The van der Waals surface area contributed by atoms with E-state index in [1.165, 1.54) is 17.3 Å². The Hall–Kier alpha value is -3.13. The van der Waals surface area contributed by atoms with E-state index >= 15 is 0 Å². The van der Waals surface area contributed by atoms with Crippen molar-refractivity contribution in [3.63, 3.8) is 0 Å². The molecule has 0 spiro atoms. The van der Waals surface area contributed by atoms with Crippen molar-refractivity contribution in [3.8, 4) is 5.69 Å². The Morgan fingerprint density at radius 2 is 1.87 bits per heavy atom. The molecule has 2 amide bonds. The van der Waals surface area contributed by atoms with Gasteiger partial charge in [-0.3, -0.25) is 14.2 Å². The number of nitrogens with zero attached hydrogens (tertiary/aromatic N) is 4. The molecule has 0 saturated heterocycles. The summed E-state index contributed by atoms with van der Waals surface area (Å²) in [5.74, 6) is 0.786. The molecule has 0 fully saturated rings. The van der Waals surface area contributed by atoms with Gasteiger partial charge in [0.2, 0.25) is 11.8 Å². The van der Waals surface area contributed by atoms with Crippen molar-refractivity contribution in [2.75, 3.05) is 16.0 Å². The molecule has 2 heterocycles. The fourth-order valence-electron chi connectivity index (χ4n) is 3.59. The third kappa shape index (κ3) is 3.95. The second-order valence-electron chi connectivity index (χ2n) is 7.37. The number of carbonyl (C=O) groups excluding carboxylic acids is 2. The summed E-state index contributed by atoms with van der Waals surface area (Å²) in [6, 6.07) is 15.3. The van der Waals surface area contributed by atoms with Crippen LogP contribution in [0.1, 0.15) is 24.7 Å². The Morgan fingerprint density at radius 1 is 1.13 bits per heavy atom. The molecule has 7 nitrogen and oxygen atoms in total. The van der Waals surface area contributed by atoms with Gasteiger partial charge in [0.15, 0.2) is 5.16 Å². The number of hydrogen-bond acceptors (Lipinski definition) is 5. The van der Waals surface area contributed by atoms with Crippen LogP contribution in [0.4, 0.5) is 11.4 Å². The number of benzene rings is 2. The van der Waals surface area contributed by atoms with E-state index in [-0.39, 0.29) is 30.0 Å². The quantitative estimate of drug-likeness (QED) is 0.649. The van der Waals surface area contributed by atoms with Gasteiger partial charge in [-0.15, -0.1) is 10.2 Å². The first-order valence-electron chi connectivity index (χ1n) is 9.77. The van der Waals surface area contributed by atoms with Gasteiger partial charge in [0, 0.05) is 18.2 Å². The van der Waals surface area contributed by atoms with Crippen molar-refractivity contribution in [3.05, 3.63) is 59.9 Å². The predicted octanol–water partition coefficient (Wildman–Crippen LogP) is 3.74. The number of amides is 2. The molecule has 4 rings (SSSR count). The molecular formula is C22H23N5O2S. The number of fused-ring (bicyclic) bond motifs is 1. The first-order chi connectivity index (χ1) is 14.4. The van der Waals surface area contributed by atoms with Crippen LogP contribution in [0.15, 0.2) is 53.7 Å². The van der Waals surface area contributed by atoms with E-state index in [0.717, 1.165) is 17.2 Å². The number of para-hydroxylation sites is 2. The van der Waals surface area contributed by atoms with Crippen LogP contribution >= 0.6 is 11.8 Å². The molecule has 154 valence electrons. The summed E-state index contributed by atoms with van der Waals surface area (Å²) in [5, 5.41) is 12.0. The van der Waals surface area contributed by atoms with Crippen LogP contribution in [-0.2, 0) is 9.59 Å². The van der Waals surface area contributed by atoms with Gasteiger partial charge in [-0.05, 0) is 45.0 Å². The van der Waals surface area contributed by atoms with E-state index in [1.807, 2.05) is 73.9 Å². The number of carbonyl (C=O) groups is 2. The topological polar surface area (TPSA) is 80.1 Å². The second-order valence-corrected chi connectivity index (χ2v) is 8.31. The summed E-state index contributed by atoms with van der Waals surface area (Å²) < 4.78 is 1.95. The van der Waals surface area contributed by atoms with Crippen molar-refractivity contribution in [1.82, 2.24) is 14.8 Å². The van der Waals surface area contributed by atoms with Gasteiger partial charge in [0.1, 0.15) is 5.82 Å². The van der Waals surface area contributed by atoms with E-state index in [2.05, 4.69) is 15.5 Å². The zero-order chi connectivity index (χ0) is 21.3. The van der Waals surface area contributed by atoms with E-state index in [4.69, 9.17) is 0 Å². The standard InChI is InChI=1S/C22H23N5O2S/c1-14-8-10-17(11-9-14)27-16(3)24-25-22(27)30-13-21(29)26-15(2)12-20(28)23-18-6-4-5-7-19(18)26/h4-11,15H,12-13H2,1-3H3,(H,23,28). The van der Waals surface area contributed by atoms with Crippen molar-refractivity contribution in [1.29, 1.82) is 0 Å². The number of aromatic nitrogens is 3. The largest absolute Gasteiger partial charge is 0.324 e. The van der Waals surface area contributed by atoms with Crippen molar-refractivity contribution in [2.45, 2.75) is 38.4 Å². The summed E-state index contributed by atoms with van der Waals surface area (Å²) in [6.07, 6.45) is 0.254. The Balaban J connectivity index is 1.57. The maximum Gasteiger partial charge on any atom is 0.237 e. The highest BCUT2D eigenvalue weighted by Gasteiger charge is 2.29. The van der Waals surface area contributed by atoms with Gasteiger partial charge in [0.25, 0.3) is 0 Å². The molecular weight excluding hydrogens is 398 g/mol. The van der Waals surface area contributed by atoms with Crippen LogP contribution in [0.2, 0.25) is 0 Å². The van der Waals surface area contributed by atoms with Gasteiger partial charge in [-0.25, -0.2) is 0 Å². The zero-order valence-electron chi connectivity index (χ0n) is 17.1. The highest BCUT2D eigenvalue weighted by Crippen LogP contribution is 2.32. The van der Waals surface area contributed by atoms with Crippen molar-refractivity contribution in [2.24, 2.45) is 0 Å². The van der Waals surface area contributed by atoms with Crippen molar-refractivity contribution < 1.29 is 9.59 Å². The van der Waals surface area contributed by atoms with E-state index in [0.29, 0.717) is 10.8 Å². The Labute approximate surface area is 179 Å². The van der Waals surface area contributed by atoms with Gasteiger partial charge < -0.3 is 10.2 Å². The molecule has 30 heavy (non-hydrogen) atoms. The van der Waals surface area contributed by atoms with Gasteiger partial charge in [0.05, 0.1) is 17.1 Å². The van der Waals surface area contributed by atoms with Crippen LogP contribution in [0.3, 0.4) is 0 Å². The molecule has 1 aromatic heterocycles. The summed E-state index contributed by atoms with van der Waals surface area (Å²) in [7, 11) is 0. The molecule has 1 unspecified atom stereocenters. The normalized spacial score (nSPS) is 16.0. The maximum atomic E-state index is 13.2. The minimum absolute atomic E-state index is 0.0763. The zero-order valence-corrected chi connectivity index (χ0v) is 17.9.